The number of benzene rings is 1. The number of aromatic amines is 2. The first-order valence-electron chi connectivity index (χ1n) is 13.9. The van der Waals surface area contributed by atoms with Crippen molar-refractivity contribution in [3.05, 3.63) is 65.7 Å². The first-order valence-corrected chi connectivity index (χ1v) is 14.7. The minimum absolute atomic E-state index is 0.0275. The van der Waals surface area contributed by atoms with Crippen LogP contribution in [0.2, 0.25) is 0 Å². The Balaban J connectivity index is 1.21. The maximum absolute atomic E-state index is 15.3. The number of hydrogen-bond donors (Lipinski definition) is 3. The lowest BCUT2D eigenvalue weighted by atomic mass is 9.87. The van der Waals surface area contributed by atoms with Crippen molar-refractivity contribution < 1.29 is 9.18 Å². The number of aromatic nitrogens is 6. The van der Waals surface area contributed by atoms with Crippen LogP contribution in [0.3, 0.4) is 0 Å². The third-order valence-corrected chi connectivity index (χ3v) is 8.79. The van der Waals surface area contributed by atoms with E-state index in [0.29, 0.717) is 51.6 Å². The van der Waals surface area contributed by atoms with Crippen LogP contribution in [0.15, 0.2) is 55.0 Å². The van der Waals surface area contributed by atoms with Gasteiger partial charge in [0.05, 0.1) is 27.8 Å². The van der Waals surface area contributed by atoms with Crippen molar-refractivity contribution in [3.63, 3.8) is 0 Å². The second-order valence-electron chi connectivity index (χ2n) is 10.7. The molecule has 1 fully saturated rings. The predicted molar refractivity (Wildman–Crippen MR) is 160 cm³/mol. The molecule has 206 valence electrons. The molecule has 0 atom stereocenters. The van der Waals surface area contributed by atoms with Gasteiger partial charge in [-0.2, -0.15) is 5.10 Å². The van der Waals surface area contributed by atoms with E-state index >= 15 is 4.39 Å². The first-order chi connectivity index (χ1) is 20.0. The van der Waals surface area contributed by atoms with Crippen LogP contribution in [-0.2, 0) is 4.79 Å². The van der Waals surface area contributed by atoms with Gasteiger partial charge < -0.3 is 10.3 Å². The standard InChI is InChI=1S/C31H28FN7OS/c1-17-7-8-26(41-17)30-29-24(9-10-34-30)36-31(37-29)28-22-13-21(23(32)14-25(22)38-39-28)19-12-20(16-33-15-19)35-27(40)11-18-5-3-2-4-6-18/h7-10,12-16,18H,2-6,11H2,1H3,(H,35,40)(H,36,37)(H,38,39). The second kappa shape index (κ2) is 10.5. The van der Waals surface area contributed by atoms with Gasteiger partial charge >= 0.3 is 0 Å². The Labute approximate surface area is 239 Å². The van der Waals surface area contributed by atoms with Gasteiger partial charge in [-0.3, -0.25) is 19.9 Å². The van der Waals surface area contributed by atoms with Gasteiger partial charge in [0.15, 0.2) is 5.82 Å². The van der Waals surface area contributed by atoms with Crippen LogP contribution < -0.4 is 5.32 Å². The quantitative estimate of drug-likeness (QED) is 0.192. The Bertz CT molecular complexity index is 1900. The number of carbonyl (C=O) groups excluding carboxylic acids is 1. The maximum Gasteiger partial charge on any atom is 0.224 e. The summed E-state index contributed by atoms with van der Waals surface area (Å²) in [4.78, 5) is 32.0. The van der Waals surface area contributed by atoms with Gasteiger partial charge in [-0.1, -0.05) is 19.3 Å². The molecule has 5 aromatic heterocycles. The van der Waals surface area contributed by atoms with Crippen LogP contribution in [0.5, 0.6) is 0 Å². The number of halogens is 1. The summed E-state index contributed by atoms with van der Waals surface area (Å²) in [6.45, 7) is 2.06. The molecule has 0 aliphatic heterocycles. The number of hydrogen-bond acceptors (Lipinski definition) is 6. The van der Waals surface area contributed by atoms with Crippen LogP contribution in [0.1, 0.15) is 43.4 Å². The SMILES string of the molecule is Cc1ccc(-c2nccc3[nH]c(-c4n[nH]c5cc(F)c(-c6cncc(NC(=O)CC7CCCCC7)c6)cc45)nc23)s1. The number of amides is 1. The van der Waals surface area contributed by atoms with Crippen LogP contribution in [0, 0.1) is 18.7 Å². The number of fused-ring (bicyclic) bond motifs is 2. The van der Waals surface area contributed by atoms with E-state index in [0.717, 1.165) is 34.4 Å². The normalized spacial score (nSPS) is 14.2. The van der Waals surface area contributed by atoms with Crippen molar-refractivity contribution in [1.82, 2.24) is 30.1 Å². The molecule has 0 saturated heterocycles. The summed E-state index contributed by atoms with van der Waals surface area (Å²) in [6.07, 6.45) is 11.3. The summed E-state index contributed by atoms with van der Waals surface area (Å²) in [5, 5.41) is 11.1. The first kappa shape index (κ1) is 25.5. The summed E-state index contributed by atoms with van der Waals surface area (Å²) in [5.41, 5.74) is 5.02. The molecule has 1 aliphatic rings. The minimum atomic E-state index is -0.413. The average Bonchev–Trinajstić information content (AvgIpc) is 3.70. The van der Waals surface area contributed by atoms with Gasteiger partial charge in [0.1, 0.15) is 22.7 Å². The Morgan fingerprint density at radius 3 is 2.78 bits per heavy atom. The van der Waals surface area contributed by atoms with E-state index in [9.17, 15) is 4.79 Å². The lowest BCUT2D eigenvalue weighted by molar-refractivity contribution is -0.117. The van der Waals surface area contributed by atoms with E-state index in [1.165, 1.54) is 30.2 Å². The monoisotopic (exact) mass is 565 g/mol. The highest BCUT2D eigenvalue weighted by Crippen LogP contribution is 2.35. The van der Waals surface area contributed by atoms with Crippen molar-refractivity contribution in [1.29, 1.82) is 0 Å². The number of rotatable bonds is 6. The molecule has 10 heteroatoms. The lowest BCUT2D eigenvalue weighted by Crippen LogP contribution is -2.18. The highest BCUT2D eigenvalue weighted by molar-refractivity contribution is 7.15. The van der Waals surface area contributed by atoms with Crippen LogP contribution >= 0.6 is 11.3 Å². The fourth-order valence-electron chi connectivity index (χ4n) is 5.75. The summed E-state index contributed by atoms with van der Waals surface area (Å²) in [5.74, 6) is 0.552. The van der Waals surface area contributed by atoms with E-state index in [1.54, 1.807) is 42.1 Å². The van der Waals surface area contributed by atoms with Gasteiger partial charge in [0.2, 0.25) is 5.91 Å². The van der Waals surface area contributed by atoms with E-state index < -0.39 is 5.82 Å². The van der Waals surface area contributed by atoms with Gasteiger partial charge in [-0.05, 0) is 56.0 Å². The summed E-state index contributed by atoms with van der Waals surface area (Å²) >= 11 is 1.67. The maximum atomic E-state index is 15.3. The molecule has 1 amide bonds. The third-order valence-electron chi connectivity index (χ3n) is 7.78. The highest BCUT2D eigenvalue weighted by Gasteiger charge is 2.20. The molecule has 7 rings (SSSR count). The molecule has 41 heavy (non-hydrogen) atoms. The molecular weight excluding hydrogens is 537 g/mol. The molecule has 3 N–H and O–H groups in total. The van der Waals surface area contributed by atoms with Crippen molar-refractivity contribution >= 4 is 44.9 Å². The van der Waals surface area contributed by atoms with Gasteiger partial charge in [-0.25, -0.2) is 9.37 Å². The number of nitrogens with one attached hydrogen (secondary N) is 3. The number of H-pyrrole nitrogens is 2. The molecule has 0 radical (unpaired) electrons. The zero-order chi connectivity index (χ0) is 27.9. The number of anilines is 1. The number of pyridine rings is 2. The largest absolute Gasteiger partial charge is 0.336 e. The molecule has 5 heterocycles. The second-order valence-corrected chi connectivity index (χ2v) is 12.0. The lowest BCUT2D eigenvalue weighted by Gasteiger charge is -2.20. The number of nitrogens with zero attached hydrogens (tertiary/aromatic N) is 4. The summed E-state index contributed by atoms with van der Waals surface area (Å²) in [6, 6.07) is 10.9. The van der Waals surface area contributed by atoms with Crippen LogP contribution in [0.25, 0.3) is 55.2 Å². The van der Waals surface area contributed by atoms with Gasteiger partial charge in [0.25, 0.3) is 0 Å². The van der Waals surface area contributed by atoms with Crippen molar-refractivity contribution in [2.75, 3.05) is 5.32 Å². The molecule has 1 saturated carbocycles. The predicted octanol–water partition coefficient (Wildman–Crippen LogP) is 7.65. The van der Waals surface area contributed by atoms with Crippen molar-refractivity contribution in [2.24, 2.45) is 5.92 Å². The fraction of sp³-hybridized carbons (Fsp3) is 0.258. The molecule has 8 nitrogen and oxygen atoms in total. The van der Waals surface area contributed by atoms with Crippen LogP contribution in [0.4, 0.5) is 10.1 Å². The molecule has 0 bridgehead atoms. The number of imidazole rings is 1. The Morgan fingerprint density at radius 1 is 1.07 bits per heavy atom. The molecule has 0 unspecified atom stereocenters. The van der Waals surface area contributed by atoms with Gasteiger partial charge in [-0.15, -0.1) is 11.3 Å². The fourth-order valence-corrected chi connectivity index (χ4v) is 6.62. The molecule has 1 aliphatic carbocycles. The minimum Gasteiger partial charge on any atom is -0.336 e. The molecular formula is C31H28FN7OS. The van der Waals surface area contributed by atoms with Crippen molar-refractivity contribution in [2.45, 2.75) is 45.4 Å². The third kappa shape index (κ3) is 4.99. The number of thiophene rings is 1. The van der Waals surface area contributed by atoms with E-state index in [4.69, 9.17) is 4.98 Å². The smallest absolute Gasteiger partial charge is 0.224 e. The Morgan fingerprint density at radius 2 is 1.95 bits per heavy atom. The Kier molecular flexibility index (Phi) is 6.54. The molecule has 6 aromatic rings. The average molecular weight is 566 g/mol. The zero-order valence-electron chi connectivity index (χ0n) is 22.5. The zero-order valence-corrected chi connectivity index (χ0v) is 23.3. The molecule has 0 spiro atoms. The summed E-state index contributed by atoms with van der Waals surface area (Å²) < 4.78 is 15.3. The van der Waals surface area contributed by atoms with Crippen molar-refractivity contribution in [3.8, 4) is 33.2 Å². The number of carbonyl (C=O) groups is 1. The highest BCUT2D eigenvalue weighted by atomic mass is 32.1. The van der Waals surface area contributed by atoms with E-state index in [1.807, 2.05) is 6.07 Å². The van der Waals surface area contributed by atoms with E-state index in [2.05, 4.69) is 49.5 Å². The topological polar surface area (TPSA) is 112 Å². The van der Waals surface area contributed by atoms with E-state index in [-0.39, 0.29) is 5.91 Å². The summed E-state index contributed by atoms with van der Waals surface area (Å²) in [7, 11) is 0. The molecule has 1 aromatic carbocycles. The van der Waals surface area contributed by atoms with Crippen LogP contribution in [-0.4, -0.2) is 36.0 Å². The number of aryl methyl sites for hydroxylation is 1. The van der Waals surface area contributed by atoms with Gasteiger partial charge in [0, 0.05) is 46.3 Å². The Hall–Kier alpha value is -4.44.